The molecule has 2 amide bonds. The second kappa shape index (κ2) is 9.10. The Labute approximate surface area is 193 Å². The molecule has 2 heterocycles. The third-order valence-electron chi connectivity index (χ3n) is 6.51. The number of likely N-dealkylation sites (tertiary alicyclic amines) is 1. The minimum Gasteiger partial charge on any atom is -0.496 e. The van der Waals surface area contributed by atoms with Crippen LogP contribution >= 0.6 is 0 Å². The van der Waals surface area contributed by atoms with E-state index in [4.69, 9.17) is 9.26 Å². The summed E-state index contributed by atoms with van der Waals surface area (Å²) in [6.45, 7) is 4.35. The lowest BCUT2D eigenvalue weighted by atomic mass is 9.79. The number of aromatic nitrogens is 1. The Bertz CT molecular complexity index is 1150. The van der Waals surface area contributed by atoms with Crippen LogP contribution < -0.4 is 10.1 Å². The van der Waals surface area contributed by atoms with Crippen molar-refractivity contribution in [1.82, 2.24) is 15.4 Å². The van der Waals surface area contributed by atoms with E-state index in [1.807, 2.05) is 48.5 Å². The molecule has 172 valence electrons. The third kappa shape index (κ3) is 4.23. The van der Waals surface area contributed by atoms with Gasteiger partial charge in [-0.05, 0) is 43.9 Å². The zero-order valence-corrected chi connectivity index (χ0v) is 19.5. The van der Waals surface area contributed by atoms with Crippen molar-refractivity contribution < 1.29 is 18.8 Å². The molecule has 0 spiro atoms. The largest absolute Gasteiger partial charge is 0.496 e. The highest BCUT2D eigenvalue weighted by Gasteiger charge is 2.46. The van der Waals surface area contributed by atoms with Crippen molar-refractivity contribution in [2.45, 2.75) is 26.7 Å². The Hall–Kier alpha value is -3.61. The fraction of sp³-hybridized carbons (Fsp3) is 0.346. The molecule has 1 atom stereocenters. The third-order valence-corrected chi connectivity index (χ3v) is 6.51. The minimum atomic E-state index is -0.685. The maximum absolute atomic E-state index is 13.1. The van der Waals surface area contributed by atoms with Crippen molar-refractivity contribution in [3.8, 4) is 16.9 Å². The number of methoxy groups -OCH3 is 1. The van der Waals surface area contributed by atoms with Crippen molar-refractivity contribution in [1.29, 1.82) is 0 Å². The molecule has 7 nitrogen and oxygen atoms in total. The maximum atomic E-state index is 13.1. The number of para-hydroxylation sites is 1. The van der Waals surface area contributed by atoms with Crippen LogP contribution in [-0.2, 0) is 11.2 Å². The molecule has 33 heavy (non-hydrogen) atoms. The Morgan fingerprint density at radius 1 is 1.15 bits per heavy atom. The van der Waals surface area contributed by atoms with Crippen LogP contribution in [0.25, 0.3) is 11.1 Å². The van der Waals surface area contributed by atoms with E-state index in [2.05, 4.69) is 10.5 Å². The highest BCUT2D eigenvalue weighted by Crippen LogP contribution is 2.37. The summed E-state index contributed by atoms with van der Waals surface area (Å²) in [5.74, 6) is 1.13. The molecule has 1 aliphatic heterocycles. The number of rotatable bonds is 6. The van der Waals surface area contributed by atoms with Gasteiger partial charge in [0.05, 0.1) is 18.2 Å². The van der Waals surface area contributed by atoms with Gasteiger partial charge >= 0.3 is 0 Å². The van der Waals surface area contributed by atoms with Crippen LogP contribution in [0.5, 0.6) is 5.75 Å². The van der Waals surface area contributed by atoms with E-state index in [0.29, 0.717) is 42.9 Å². The molecule has 0 aliphatic carbocycles. The van der Waals surface area contributed by atoms with Gasteiger partial charge in [-0.15, -0.1) is 0 Å². The molecule has 1 aliphatic rings. The summed E-state index contributed by atoms with van der Waals surface area (Å²) in [6.07, 6.45) is 1.14. The van der Waals surface area contributed by atoms with Crippen LogP contribution in [0.3, 0.4) is 0 Å². The summed E-state index contributed by atoms with van der Waals surface area (Å²) >= 11 is 0. The van der Waals surface area contributed by atoms with Gasteiger partial charge in [-0.1, -0.05) is 47.6 Å². The lowest BCUT2D eigenvalue weighted by Crippen LogP contribution is -2.44. The quantitative estimate of drug-likeness (QED) is 0.622. The summed E-state index contributed by atoms with van der Waals surface area (Å²) in [6, 6.07) is 16.1. The first kappa shape index (κ1) is 22.6. The second-order valence-corrected chi connectivity index (χ2v) is 8.61. The number of hydrogen-bond acceptors (Lipinski definition) is 5. The normalized spacial score (nSPS) is 17.8. The maximum Gasteiger partial charge on any atom is 0.259 e. The van der Waals surface area contributed by atoms with Gasteiger partial charge in [-0.3, -0.25) is 9.59 Å². The van der Waals surface area contributed by atoms with E-state index in [1.165, 1.54) is 0 Å². The summed E-state index contributed by atoms with van der Waals surface area (Å²) in [5, 5.41) is 6.71. The first-order chi connectivity index (χ1) is 15.9. The van der Waals surface area contributed by atoms with Crippen molar-refractivity contribution in [2.24, 2.45) is 5.41 Å². The molecule has 0 bridgehead atoms. The lowest BCUT2D eigenvalue weighted by Gasteiger charge is -2.28. The minimum absolute atomic E-state index is 0.0506. The fourth-order valence-electron chi connectivity index (χ4n) is 4.74. The highest BCUT2D eigenvalue weighted by molar-refractivity contribution is 5.97. The molecule has 2 aromatic carbocycles. The predicted molar refractivity (Wildman–Crippen MR) is 125 cm³/mol. The van der Waals surface area contributed by atoms with Crippen LogP contribution in [0, 0.1) is 19.3 Å². The zero-order valence-electron chi connectivity index (χ0n) is 19.5. The molecule has 1 saturated heterocycles. The van der Waals surface area contributed by atoms with Gasteiger partial charge in [0.1, 0.15) is 17.1 Å². The van der Waals surface area contributed by atoms with E-state index in [9.17, 15) is 9.59 Å². The van der Waals surface area contributed by atoms with Gasteiger partial charge in [0.25, 0.3) is 5.91 Å². The summed E-state index contributed by atoms with van der Waals surface area (Å²) in [4.78, 5) is 27.9. The molecular weight excluding hydrogens is 418 g/mol. The van der Waals surface area contributed by atoms with E-state index >= 15 is 0 Å². The second-order valence-electron chi connectivity index (χ2n) is 8.61. The van der Waals surface area contributed by atoms with Gasteiger partial charge in [0, 0.05) is 25.7 Å². The number of hydrogen-bond donors (Lipinski definition) is 1. The molecule has 4 rings (SSSR count). The number of aryl methyl sites for hydroxylation is 2. The van der Waals surface area contributed by atoms with E-state index in [1.54, 1.807) is 32.9 Å². The number of nitrogens with one attached hydrogen (secondary N) is 1. The first-order valence-corrected chi connectivity index (χ1v) is 11.0. The predicted octanol–water partition coefficient (Wildman–Crippen LogP) is 3.79. The van der Waals surface area contributed by atoms with Crippen LogP contribution in [0.4, 0.5) is 0 Å². The van der Waals surface area contributed by atoms with Crippen molar-refractivity contribution in [2.75, 3.05) is 27.2 Å². The summed E-state index contributed by atoms with van der Waals surface area (Å²) in [7, 11) is 3.31. The average Bonchev–Trinajstić information content (AvgIpc) is 3.42. The van der Waals surface area contributed by atoms with Crippen molar-refractivity contribution in [3.05, 3.63) is 71.1 Å². The molecular formula is C26H29N3O4. The molecule has 0 saturated carbocycles. The zero-order chi connectivity index (χ0) is 23.6. The molecule has 1 fully saturated rings. The average molecular weight is 448 g/mol. The van der Waals surface area contributed by atoms with Crippen LogP contribution in [0.2, 0.25) is 0 Å². The van der Waals surface area contributed by atoms with Crippen molar-refractivity contribution >= 4 is 11.8 Å². The molecule has 1 unspecified atom stereocenters. The van der Waals surface area contributed by atoms with Gasteiger partial charge in [0.2, 0.25) is 5.91 Å². The monoisotopic (exact) mass is 447 g/mol. The van der Waals surface area contributed by atoms with E-state index in [0.717, 1.165) is 22.4 Å². The highest BCUT2D eigenvalue weighted by atomic mass is 16.5. The Morgan fingerprint density at radius 3 is 2.52 bits per heavy atom. The standard InChI is InChI=1S/C26H29N3O4/c1-17-23(18(2)33-28-17)24(30)29-14-13-26(16-29,25(31)27-3)15-19-9-11-20(12-10-19)21-7-5-6-8-22(21)32-4/h5-12H,13-16H2,1-4H3,(H,27,31). The number of carbonyl (C=O) groups is 2. The number of amides is 2. The first-order valence-electron chi connectivity index (χ1n) is 11.0. The molecule has 1 aromatic heterocycles. The van der Waals surface area contributed by atoms with Gasteiger partial charge in [-0.2, -0.15) is 0 Å². The summed E-state index contributed by atoms with van der Waals surface area (Å²) in [5.41, 5.74) is 3.49. The van der Waals surface area contributed by atoms with Crippen LogP contribution in [0.1, 0.15) is 33.8 Å². The number of carbonyl (C=O) groups excluding carboxylic acids is 2. The van der Waals surface area contributed by atoms with Gasteiger partial charge < -0.3 is 19.5 Å². The Balaban J connectivity index is 1.56. The van der Waals surface area contributed by atoms with Gasteiger partial charge in [-0.25, -0.2) is 0 Å². The SMILES string of the molecule is CNC(=O)C1(Cc2ccc(-c3ccccc3OC)cc2)CCN(C(=O)c2c(C)noc2C)C1. The molecule has 0 radical (unpaired) electrons. The number of nitrogens with zero attached hydrogens (tertiary/aromatic N) is 2. The van der Waals surface area contributed by atoms with Gasteiger partial charge in [0.15, 0.2) is 0 Å². The fourth-order valence-corrected chi connectivity index (χ4v) is 4.74. The molecule has 1 N–H and O–H groups in total. The number of benzene rings is 2. The Morgan fingerprint density at radius 2 is 1.88 bits per heavy atom. The van der Waals surface area contributed by atoms with E-state index < -0.39 is 5.41 Å². The topological polar surface area (TPSA) is 84.7 Å². The van der Waals surface area contributed by atoms with Crippen LogP contribution in [0.15, 0.2) is 53.1 Å². The smallest absolute Gasteiger partial charge is 0.259 e. The Kier molecular flexibility index (Phi) is 6.22. The van der Waals surface area contributed by atoms with E-state index in [-0.39, 0.29) is 11.8 Å². The molecule has 3 aromatic rings. The molecule has 7 heteroatoms. The lowest BCUT2D eigenvalue weighted by molar-refractivity contribution is -0.129. The van der Waals surface area contributed by atoms with Crippen molar-refractivity contribution in [3.63, 3.8) is 0 Å². The number of ether oxygens (including phenoxy) is 1. The van der Waals surface area contributed by atoms with Crippen LogP contribution in [-0.4, -0.2) is 49.1 Å². The summed E-state index contributed by atoms with van der Waals surface area (Å²) < 4.78 is 10.7.